The molecule has 1 heterocycles. The number of rotatable bonds is 1. The minimum absolute atomic E-state index is 0.119. The summed E-state index contributed by atoms with van der Waals surface area (Å²) in [5.74, 6) is -0.673. The zero-order chi connectivity index (χ0) is 11.7. The summed E-state index contributed by atoms with van der Waals surface area (Å²) in [4.78, 5) is 13.1. The predicted octanol–water partition coefficient (Wildman–Crippen LogP) is 3.00. The minimum Gasteiger partial charge on any atom is -0.310 e. The van der Waals surface area contributed by atoms with Gasteiger partial charge in [0, 0.05) is 12.1 Å². The molecule has 0 saturated carbocycles. The highest BCUT2D eigenvalue weighted by molar-refractivity contribution is 6.35. The van der Waals surface area contributed by atoms with E-state index in [-0.39, 0.29) is 17.6 Å². The second-order valence-corrected chi connectivity index (χ2v) is 4.31. The monoisotopic (exact) mass is 261 g/mol. The molecular weight excluding hydrogens is 252 g/mol. The van der Waals surface area contributed by atoms with Gasteiger partial charge in [-0.3, -0.25) is 4.79 Å². The number of carbonyl (C=O) groups excluding carboxylic acids is 1. The highest BCUT2D eigenvalue weighted by Crippen LogP contribution is 2.35. The minimum atomic E-state index is -0.313. The Labute approximate surface area is 103 Å². The maximum atomic E-state index is 13.6. The van der Waals surface area contributed by atoms with Crippen molar-refractivity contribution in [2.24, 2.45) is 0 Å². The number of alkyl halides is 1. The van der Waals surface area contributed by atoms with Crippen molar-refractivity contribution < 1.29 is 9.18 Å². The standard InChI is InChI=1S/C11H10Cl2FNO/c12-6-10(16)15-5-1-2-7-9(14)4-3-8(13)11(7)15/h3-4H,1-2,5-6H2. The van der Waals surface area contributed by atoms with Gasteiger partial charge in [0.1, 0.15) is 11.7 Å². The molecule has 0 aliphatic carbocycles. The molecule has 0 N–H and O–H groups in total. The van der Waals surface area contributed by atoms with E-state index >= 15 is 0 Å². The lowest BCUT2D eigenvalue weighted by molar-refractivity contribution is -0.116. The number of benzene rings is 1. The molecule has 0 atom stereocenters. The first kappa shape index (κ1) is 11.7. The zero-order valence-corrected chi connectivity index (χ0v) is 9.98. The Morgan fingerprint density at radius 1 is 1.50 bits per heavy atom. The van der Waals surface area contributed by atoms with Crippen LogP contribution in [0.3, 0.4) is 0 Å². The van der Waals surface area contributed by atoms with Gasteiger partial charge in [0.25, 0.3) is 0 Å². The summed E-state index contributed by atoms with van der Waals surface area (Å²) in [7, 11) is 0. The van der Waals surface area contributed by atoms with Gasteiger partial charge < -0.3 is 4.90 Å². The molecule has 2 rings (SSSR count). The molecule has 0 unspecified atom stereocenters. The van der Waals surface area contributed by atoms with Crippen molar-refractivity contribution in [3.05, 3.63) is 28.5 Å². The van der Waals surface area contributed by atoms with Crippen LogP contribution in [-0.4, -0.2) is 18.3 Å². The van der Waals surface area contributed by atoms with Crippen LogP contribution in [-0.2, 0) is 11.2 Å². The highest BCUT2D eigenvalue weighted by atomic mass is 35.5. The van der Waals surface area contributed by atoms with E-state index < -0.39 is 0 Å². The molecule has 0 spiro atoms. The Morgan fingerprint density at radius 3 is 2.94 bits per heavy atom. The van der Waals surface area contributed by atoms with Crippen molar-refractivity contribution in [2.75, 3.05) is 17.3 Å². The molecule has 1 aromatic carbocycles. The number of halogens is 3. The summed E-state index contributed by atoms with van der Waals surface area (Å²) in [6, 6.07) is 2.80. The second-order valence-electron chi connectivity index (χ2n) is 3.64. The summed E-state index contributed by atoms with van der Waals surface area (Å²) in [5, 5.41) is 0.398. The van der Waals surface area contributed by atoms with E-state index in [9.17, 15) is 9.18 Å². The summed E-state index contributed by atoms with van der Waals surface area (Å²) >= 11 is 11.5. The first-order valence-electron chi connectivity index (χ1n) is 4.98. The first-order valence-corrected chi connectivity index (χ1v) is 5.89. The van der Waals surface area contributed by atoms with Crippen LogP contribution in [0.1, 0.15) is 12.0 Å². The number of amides is 1. The van der Waals surface area contributed by atoms with Crippen molar-refractivity contribution in [2.45, 2.75) is 12.8 Å². The van der Waals surface area contributed by atoms with E-state index in [0.29, 0.717) is 29.2 Å². The lowest BCUT2D eigenvalue weighted by Crippen LogP contribution is -2.36. The predicted molar refractivity (Wildman–Crippen MR) is 62.8 cm³/mol. The highest BCUT2D eigenvalue weighted by Gasteiger charge is 2.26. The molecule has 2 nitrogen and oxygen atoms in total. The van der Waals surface area contributed by atoms with Crippen molar-refractivity contribution in [1.29, 1.82) is 0 Å². The fourth-order valence-corrected chi connectivity index (χ4v) is 2.38. The van der Waals surface area contributed by atoms with Crippen molar-refractivity contribution in [3.63, 3.8) is 0 Å². The Kier molecular flexibility index (Phi) is 3.36. The number of carbonyl (C=O) groups is 1. The molecule has 16 heavy (non-hydrogen) atoms. The maximum absolute atomic E-state index is 13.6. The Balaban J connectivity index is 2.53. The second kappa shape index (κ2) is 4.60. The molecule has 0 radical (unpaired) electrons. The van der Waals surface area contributed by atoms with Gasteiger partial charge in [-0.2, -0.15) is 0 Å². The molecule has 1 aromatic rings. The Bertz CT molecular complexity index is 436. The average molecular weight is 262 g/mol. The molecule has 0 saturated heterocycles. The lowest BCUT2D eigenvalue weighted by atomic mass is 10.0. The molecule has 5 heteroatoms. The Hall–Kier alpha value is -0.800. The van der Waals surface area contributed by atoms with Crippen molar-refractivity contribution in [3.8, 4) is 0 Å². The van der Waals surface area contributed by atoms with Gasteiger partial charge in [-0.05, 0) is 25.0 Å². The number of hydrogen-bond donors (Lipinski definition) is 0. The van der Waals surface area contributed by atoms with Crippen molar-refractivity contribution in [1.82, 2.24) is 0 Å². The summed E-state index contributed by atoms with van der Waals surface area (Å²) in [6.07, 6.45) is 1.33. The quantitative estimate of drug-likeness (QED) is 0.712. The van der Waals surface area contributed by atoms with Crippen LogP contribution >= 0.6 is 23.2 Å². The molecular formula is C11H10Cl2FNO. The topological polar surface area (TPSA) is 20.3 Å². The van der Waals surface area contributed by atoms with Crippen LogP contribution in [0.5, 0.6) is 0 Å². The van der Waals surface area contributed by atoms with E-state index in [2.05, 4.69) is 0 Å². The van der Waals surface area contributed by atoms with Crippen LogP contribution < -0.4 is 4.90 Å². The van der Waals surface area contributed by atoms with Crippen LogP contribution in [0.15, 0.2) is 12.1 Å². The van der Waals surface area contributed by atoms with Crippen LogP contribution in [0.2, 0.25) is 5.02 Å². The SMILES string of the molecule is O=C(CCl)N1CCCc2c(F)ccc(Cl)c21. The van der Waals surface area contributed by atoms with E-state index in [0.717, 1.165) is 6.42 Å². The Morgan fingerprint density at radius 2 is 2.25 bits per heavy atom. The first-order chi connectivity index (χ1) is 7.65. The molecule has 0 aromatic heterocycles. The summed E-state index contributed by atoms with van der Waals surface area (Å²) < 4.78 is 13.6. The van der Waals surface area contributed by atoms with Gasteiger partial charge in [-0.25, -0.2) is 4.39 Å². The zero-order valence-electron chi connectivity index (χ0n) is 8.47. The van der Waals surface area contributed by atoms with Gasteiger partial charge in [-0.15, -0.1) is 11.6 Å². The third-order valence-electron chi connectivity index (χ3n) is 2.67. The molecule has 0 fully saturated rings. The maximum Gasteiger partial charge on any atom is 0.241 e. The third kappa shape index (κ3) is 1.89. The van der Waals surface area contributed by atoms with Gasteiger partial charge in [0.05, 0.1) is 10.7 Å². The number of anilines is 1. The van der Waals surface area contributed by atoms with Crippen LogP contribution in [0.25, 0.3) is 0 Å². The molecule has 1 aliphatic heterocycles. The summed E-state index contributed by atoms with van der Waals surface area (Å²) in [6.45, 7) is 0.543. The van der Waals surface area contributed by atoms with Gasteiger partial charge >= 0.3 is 0 Å². The van der Waals surface area contributed by atoms with Crippen LogP contribution in [0.4, 0.5) is 10.1 Å². The lowest BCUT2D eigenvalue weighted by Gasteiger charge is -2.30. The molecule has 1 amide bonds. The van der Waals surface area contributed by atoms with Gasteiger partial charge in [0.15, 0.2) is 0 Å². The van der Waals surface area contributed by atoms with E-state index in [4.69, 9.17) is 23.2 Å². The normalized spacial score (nSPS) is 14.8. The summed E-state index contributed by atoms with van der Waals surface area (Å²) in [5.41, 5.74) is 0.996. The number of hydrogen-bond acceptors (Lipinski definition) is 1. The van der Waals surface area contributed by atoms with Gasteiger partial charge in [-0.1, -0.05) is 11.6 Å². The number of nitrogens with zero attached hydrogens (tertiary/aromatic N) is 1. The third-order valence-corrected chi connectivity index (χ3v) is 3.20. The molecule has 1 aliphatic rings. The van der Waals surface area contributed by atoms with Crippen LogP contribution in [0, 0.1) is 5.82 Å². The van der Waals surface area contributed by atoms with Gasteiger partial charge in [0.2, 0.25) is 5.91 Å². The number of fused-ring (bicyclic) bond motifs is 1. The molecule has 86 valence electrons. The van der Waals surface area contributed by atoms with E-state index in [1.54, 1.807) is 0 Å². The largest absolute Gasteiger partial charge is 0.310 e. The smallest absolute Gasteiger partial charge is 0.241 e. The fraction of sp³-hybridized carbons (Fsp3) is 0.364. The van der Waals surface area contributed by atoms with E-state index in [1.807, 2.05) is 0 Å². The van der Waals surface area contributed by atoms with Crippen molar-refractivity contribution >= 4 is 34.8 Å². The molecule has 0 bridgehead atoms. The fourth-order valence-electron chi connectivity index (χ4n) is 1.96. The van der Waals surface area contributed by atoms with E-state index in [1.165, 1.54) is 17.0 Å². The average Bonchev–Trinajstić information content (AvgIpc) is 2.32.